The zero-order valence-electron chi connectivity index (χ0n) is 10.9. The van der Waals surface area contributed by atoms with E-state index >= 15 is 0 Å². The van der Waals surface area contributed by atoms with Crippen molar-refractivity contribution in [2.75, 3.05) is 5.32 Å². The Kier molecular flexibility index (Phi) is 4.48. The lowest BCUT2D eigenvalue weighted by Crippen LogP contribution is -2.06. The standard InChI is InChI=1S/C15H19BrN2/c1-3-8-18-9-4-5-14(18)11-17-13-6-7-15(16)12(2)10-13/h4-7,9-10,17H,3,8,11H2,1-2H3. The lowest BCUT2D eigenvalue weighted by Gasteiger charge is -2.11. The van der Waals surface area contributed by atoms with E-state index in [2.05, 4.69) is 76.2 Å². The molecule has 0 bridgehead atoms. The van der Waals surface area contributed by atoms with Crippen LogP contribution in [0.4, 0.5) is 5.69 Å². The minimum atomic E-state index is 0.869. The molecule has 96 valence electrons. The molecule has 0 saturated heterocycles. The number of halogens is 1. The first-order valence-electron chi connectivity index (χ1n) is 6.34. The molecule has 2 rings (SSSR count). The second kappa shape index (κ2) is 6.10. The first-order valence-corrected chi connectivity index (χ1v) is 7.14. The van der Waals surface area contributed by atoms with E-state index in [1.807, 2.05) is 0 Å². The summed E-state index contributed by atoms with van der Waals surface area (Å²) in [6.45, 7) is 6.27. The van der Waals surface area contributed by atoms with Crippen LogP contribution < -0.4 is 5.32 Å². The lowest BCUT2D eigenvalue weighted by molar-refractivity contribution is 0.654. The second-order valence-electron chi connectivity index (χ2n) is 4.51. The van der Waals surface area contributed by atoms with E-state index in [4.69, 9.17) is 0 Å². The summed E-state index contributed by atoms with van der Waals surface area (Å²) in [6, 6.07) is 10.6. The molecule has 0 fully saturated rings. The number of hydrogen-bond donors (Lipinski definition) is 1. The Morgan fingerprint density at radius 1 is 1.28 bits per heavy atom. The fourth-order valence-corrected chi connectivity index (χ4v) is 2.26. The highest BCUT2D eigenvalue weighted by Crippen LogP contribution is 2.20. The number of aryl methyl sites for hydroxylation is 2. The van der Waals surface area contributed by atoms with Gasteiger partial charge >= 0.3 is 0 Å². The Morgan fingerprint density at radius 2 is 2.11 bits per heavy atom. The molecule has 0 aliphatic heterocycles. The predicted molar refractivity (Wildman–Crippen MR) is 80.9 cm³/mol. The Morgan fingerprint density at radius 3 is 2.83 bits per heavy atom. The van der Waals surface area contributed by atoms with Crippen molar-refractivity contribution in [1.29, 1.82) is 0 Å². The number of rotatable bonds is 5. The molecule has 0 radical (unpaired) electrons. The van der Waals surface area contributed by atoms with E-state index in [0.29, 0.717) is 0 Å². The largest absolute Gasteiger partial charge is 0.379 e. The van der Waals surface area contributed by atoms with Crippen molar-refractivity contribution in [3.63, 3.8) is 0 Å². The van der Waals surface area contributed by atoms with Crippen molar-refractivity contribution in [1.82, 2.24) is 4.57 Å². The van der Waals surface area contributed by atoms with Crippen LogP contribution in [0.5, 0.6) is 0 Å². The van der Waals surface area contributed by atoms with Gasteiger partial charge in [-0.1, -0.05) is 22.9 Å². The van der Waals surface area contributed by atoms with Gasteiger partial charge in [0.25, 0.3) is 0 Å². The zero-order chi connectivity index (χ0) is 13.0. The molecule has 2 aromatic rings. The summed E-state index contributed by atoms with van der Waals surface area (Å²) in [5, 5.41) is 3.47. The summed E-state index contributed by atoms with van der Waals surface area (Å²) in [5.41, 5.74) is 3.75. The molecule has 2 nitrogen and oxygen atoms in total. The van der Waals surface area contributed by atoms with Crippen molar-refractivity contribution >= 4 is 21.6 Å². The zero-order valence-corrected chi connectivity index (χ0v) is 12.5. The summed E-state index contributed by atoms with van der Waals surface area (Å²) in [5.74, 6) is 0. The van der Waals surface area contributed by atoms with Gasteiger partial charge in [-0.25, -0.2) is 0 Å². The molecule has 1 heterocycles. The maximum Gasteiger partial charge on any atom is 0.0553 e. The molecule has 0 aliphatic carbocycles. The molecule has 0 amide bonds. The van der Waals surface area contributed by atoms with E-state index < -0.39 is 0 Å². The third kappa shape index (κ3) is 3.16. The fraction of sp³-hybridized carbons (Fsp3) is 0.333. The fourth-order valence-electron chi connectivity index (χ4n) is 2.02. The van der Waals surface area contributed by atoms with Gasteiger partial charge in [-0.3, -0.25) is 0 Å². The van der Waals surface area contributed by atoms with Gasteiger partial charge in [-0.2, -0.15) is 0 Å². The summed E-state index contributed by atoms with van der Waals surface area (Å²) in [4.78, 5) is 0. The second-order valence-corrected chi connectivity index (χ2v) is 5.36. The summed E-state index contributed by atoms with van der Waals surface area (Å²) in [7, 11) is 0. The lowest BCUT2D eigenvalue weighted by atomic mass is 10.2. The minimum absolute atomic E-state index is 0.869. The van der Waals surface area contributed by atoms with Crippen LogP contribution in [-0.2, 0) is 13.1 Å². The number of nitrogens with zero attached hydrogens (tertiary/aromatic N) is 1. The molecule has 0 aliphatic rings. The third-order valence-corrected chi connectivity index (χ3v) is 3.91. The highest BCUT2D eigenvalue weighted by Gasteiger charge is 2.01. The maximum absolute atomic E-state index is 3.52. The Labute approximate surface area is 117 Å². The SMILES string of the molecule is CCCn1cccc1CNc1ccc(Br)c(C)c1. The topological polar surface area (TPSA) is 17.0 Å². The highest BCUT2D eigenvalue weighted by molar-refractivity contribution is 9.10. The number of anilines is 1. The van der Waals surface area contributed by atoms with Gasteiger partial charge in [0.2, 0.25) is 0 Å². The van der Waals surface area contributed by atoms with Gasteiger partial charge in [0, 0.05) is 28.6 Å². The van der Waals surface area contributed by atoms with Crippen LogP contribution in [0.1, 0.15) is 24.6 Å². The molecule has 0 saturated carbocycles. The van der Waals surface area contributed by atoms with Crippen LogP contribution in [0.25, 0.3) is 0 Å². The number of benzene rings is 1. The molecular weight excluding hydrogens is 288 g/mol. The van der Waals surface area contributed by atoms with Crippen molar-refractivity contribution in [2.24, 2.45) is 0 Å². The van der Waals surface area contributed by atoms with E-state index in [1.165, 1.54) is 23.4 Å². The molecule has 1 aromatic heterocycles. The Balaban J connectivity index is 2.02. The van der Waals surface area contributed by atoms with E-state index in [-0.39, 0.29) is 0 Å². The van der Waals surface area contributed by atoms with Gasteiger partial charge in [0.15, 0.2) is 0 Å². The monoisotopic (exact) mass is 306 g/mol. The summed E-state index contributed by atoms with van der Waals surface area (Å²) >= 11 is 3.52. The average Bonchev–Trinajstić information content (AvgIpc) is 2.79. The molecule has 0 spiro atoms. The Bertz CT molecular complexity index is 517. The number of hydrogen-bond acceptors (Lipinski definition) is 1. The quantitative estimate of drug-likeness (QED) is 0.855. The van der Waals surface area contributed by atoms with Gasteiger partial charge in [-0.15, -0.1) is 0 Å². The first kappa shape index (κ1) is 13.2. The van der Waals surface area contributed by atoms with E-state index in [1.54, 1.807) is 0 Å². The summed E-state index contributed by atoms with van der Waals surface area (Å²) in [6.07, 6.45) is 3.31. The van der Waals surface area contributed by atoms with E-state index in [0.717, 1.165) is 17.6 Å². The van der Waals surface area contributed by atoms with E-state index in [9.17, 15) is 0 Å². The third-order valence-electron chi connectivity index (χ3n) is 3.02. The van der Waals surface area contributed by atoms with Crippen LogP contribution in [0.15, 0.2) is 41.0 Å². The molecule has 18 heavy (non-hydrogen) atoms. The van der Waals surface area contributed by atoms with Crippen LogP contribution in [0.3, 0.4) is 0 Å². The highest BCUT2D eigenvalue weighted by atomic mass is 79.9. The maximum atomic E-state index is 3.52. The molecule has 0 atom stereocenters. The van der Waals surface area contributed by atoms with Gasteiger partial charge < -0.3 is 9.88 Å². The normalized spacial score (nSPS) is 10.6. The van der Waals surface area contributed by atoms with Gasteiger partial charge in [-0.05, 0) is 49.2 Å². The van der Waals surface area contributed by atoms with Crippen LogP contribution in [-0.4, -0.2) is 4.57 Å². The van der Waals surface area contributed by atoms with Crippen molar-refractivity contribution < 1.29 is 0 Å². The smallest absolute Gasteiger partial charge is 0.0553 e. The summed E-state index contributed by atoms with van der Waals surface area (Å²) < 4.78 is 3.46. The molecule has 1 aromatic carbocycles. The van der Waals surface area contributed by atoms with Crippen LogP contribution in [0.2, 0.25) is 0 Å². The molecule has 1 N–H and O–H groups in total. The predicted octanol–water partition coefficient (Wildman–Crippen LogP) is 4.58. The van der Waals surface area contributed by atoms with Crippen LogP contribution >= 0.6 is 15.9 Å². The van der Waals surface area contributed by atoms with Crippen molar-refractivity contribution in [3.8, 4) is 0 Å². The Hall–Kier alpha value is -1.22. The molecular formula is C15H19BrN2. The van der Waals surface area contributed by atoms with Crippen molar-refractivity contribution in [2.45, 2.75) is 33.4 Å². The first-order chi connectivity index (χ1) is 8.70. The minimum Gasteiger partial charge on any atom is -0.379 e. The number of aromatic nitrogens is 1. The van der Waals surface area contributed by atoms with Crippen LogP contribution in [0, 0.1) is 6.92 Å². The molecule has 0 unspecified atom stereocenters. The average molecular weight is 307 g/mol. The number of nitrogens with one attached hydrogen (secondary N) is 1. The van der Waals surface area contributed by atoms with Gasteiger partial charge in [0.1, 0.15) is 0 Å². The molecule has 3 heteroatoms. The van der Waals surface area contributed by atoms with Gasteiger partial charge in [0.05, 0.1) is 6.54 Å². The van der Waals surface area contributed by atoms with Crippen molar-refractivity contribution in [3.05, 3.63) is 52.3 Å².